The second kappa shape index (κ2) is 12.3. The van der Waals surface area contributed by atoms with Crippen molar-refractivity contribution in [3.63, 3.8) is 0 Å². The summed E-state index contributed by atoms with van der Waals surface area (Å²) in [7, 11) is 1.61. The van der Waals surface area contributed by atoms with Crippen LogP contribution in [0, 0.1) is 5.82 Å². The standard InChI is InChI=1S/C16H25FO5/c1-19-10-11-20-13-22-16(4-2-3-9-18)12-21-15-7-5-14(17)6-8-15/h5-8,16,18H,2-4,9-13H2,1H3/t16-/m1/s1. The average molecular weight is 316 g/mol. The van der Waals surface area contributed by atoms with E-state index in [2.05, 4.69) is 0 Å². The first-order valence-electron chi connectivity index (χ1n) is 7.43. The number of halogens is 1. The molecule has 0 aliphatic heterocycles. The van der Waals surface area contributed by atoms with Crippen LogP contribution >= 0.6 is 0 Å². The number of hydrogen-bond donors (Lipinski definition) is 1. The summed E-state index contributed by atoms with van der Waals surface area (Å²) in [4.78, 5) is 0. The third kappa shape index (κ3) is 8.94. The van der Waals surface area contributed by atoms with Crippen LogP contribution in [0.4, 0.5) is 4.39 Å². The lowest BCUT2D eigenvalue weighted by atomic mass is 10.1. The Balaban J connectivity index is 2.31. The molecule has 0 bridgehead atoms. The van der Waals surface area contributed by atoms with Crippen LogP contribution in [0.5, 0.6) is 5.75 Å². The number of aliphatic hydroxyl groups is 1. The maximum Gasteiger partial charge on any atom is 0.147 e. The van der Waals surface area contributed by atoms with Crippen LogP contribution in [0.1, 0.15) is 19.3 Å². The van der Waals surface area contributed by atoms with Crippen molar-refractivity contribution in [2.45, 2.75) is 25.4 Å². The fourth-order valence-corrected chi connectivity index (χ4v) is 1.76. The molecule has 1 atom stereocenters. The maximum absolute atomic E-state index is 12.8. The quantitative estimate of drug-likeness (QED) is 0.447. The highest BCUT2D eigenvalue weighted by Gasteiger charge is 2.10. The van der Waals surface area contributed by atoms with Crippen molar-refractivity contribution in [1.82, 2.24) is 0 Å². The van der Waals surface area contributed by atoms with Gasteiger partial charge in [0, 0.05) is 13.7 Å². The van der Waals surface area contributed by atoms with Gasteiger partial charge >= 0.3 is 0 Å². The number of hydrogen-bond acceptors (Lipinski definition) is 5. The van der Waals surface area contributed by atoms with Crippen molar-refractivity contribution in [3.05, 3.63) is 30.1 Å². The average Bonchev–Trinajstić information content (AvgIpc) is 2.53. The number of methoxy groups -OCH3 is 1. The first-order chi connectivity index (χ1) is 10.8. The molecule has 0 radical (unpaired) electrons. The Kier molecular flexibility index (Phi) is 10.6. The fourth-order valence-electron chi connectivity index (χ4n) is 1.76. The van der Waals surface area contributed by atoms with Crippen molar-refractivity contribution in [3.8, 4) is 5.75 Å². The van der Waals surface area contributed by atoms with Crippen LogP contribution < -0.4 is 4.74 Å². The van der Waals surface area contributed by atoms with Gasteiger partial charge in [0.05, 0.1) is 19.3 Å². The lowest BCUT2D eigenvalue weighted by Crippen LogP contribution is -2.24. The summed E-state index contributed by atoms with van der Waals surface area (Å²) in [6.07, 6.45) is 2.18. The predicted molar refractivity (Wildman–Crippen MR) is 80.4 cm³/mol. The van der Waals surface area contributed by atoms with Gasteiger partial charge in [0.1, 0.15) is 25.0 Å². The third-order valence-electron chi connectivity index (χ3n) is 3.00. The van der Waals surface area contributed by atoms with E-state index in [0.717, 1.165) is 19.3 Å². The Hall–Kier alpha value is -1.21. The first kappa shape index (κ1) is 18.8. The molecule has 0 aromatic heterocycles. The summed E-state index contributed by atoms with van der Waals surface area (Å²) < 4.78 is 34.2. The molecule has 0 saturated carbocycles. The molecule has 5 nitrogen and oxygen atoms in total. The van der Waals surface area contributed by atoms with Crippen molar-refractivity contribution < 1.29 is 28.4 Å². The molecule has 0 saturated heterocycles. The van der Waals surface area contributed by atoms with Gasteiger partial charge in [-0.05, 0) is 43.5 Å². The molecule has 1 aromatic carbocycles. The van der Waals surface area contributed by atoms with Gasteiger partial charge in [0.25, 0.3) is 0 Å². The van der Waals surface area contributed by atoms with Crippen molar-refractivity contribution in [2.75, 3.05) is 40.3 Å². The topological polar surface area (TPSA) is 57.2 Å². The van der Waals surface area contributed by atoms with Gasteiger partial charge in [-0.25, -0.2) is 4.39 Å². The van der Waals surface area contributed by atoms with Gasteiger partial charge in [-0.1, -0.05) is 0 Å². The molecule has 0 amide bonds. The molecule has 1 rings (SSSR count). The van der Waals surface area contributed by atoms with Crippen molar-refractivity contribution in [1.29, 1.82) is 0 Å². The second-order valence-corrected chi connectivity index (χ2v) is 4.79. The SMILES string of the molecule is COCCOCO[C@H](CCCCO)COc1ccc(F)cc1. The predicted octanol–water partition coefficient (Wildman–Crippen LogP) is 2.37. The maximum atomic E-state index is 12.8. The van der Waals surface area contributed by atoms with Gasteiger partial charge in [-0.3, -0.25) is 0 Å². The van der Waals surface area contributed by atoms with Crippen LogP contribution in [-0.2, 0) is 14.2 Å². The van der Waals surface area contributed by atoms with E-state index < -0.39 is 0 Å². The zero-order chi connectivity index (χ0) is 16.0. The molecule has 0 fully saturated rings. The molecule has 0 aliphatic rings. The fraction of sp³-hybridized carbons (Fsp3) is 0.625. The lowest BCUT2D eigenvalue weighted by Gasteiger charge is -2.18. The summed E-state index contributed by atoms with van der Waals surface area (Å²) in [5.41, 5.74) is 0. The largest absolute Gasteiger partial charge is 0.491 e. The van der Waals surface area contributed by atoms with Gasteiger partial charge < -0.3 is 24.1 Å². The number of unbranched alkanes of at least 4 members (excludes halogenated alkanes) is 1. The highest BCUT2D eigenvalue weighted by molar-refractivity contribution is 5.22. The Morgan fingerprint density at radius 2 is 1.91 bits per heavy atom. The minimum atomic E-state index is -0.297. The van der Waals surface area contributed by atoms with E-state index in [4.69, 9.17) is 24.1 Å². The summed E-state index contributed by atoms with van der Waals surface area (Å²) in [5.74, 6) is 0.298. The second-order valence-electron chi connectivity index (χ2n) is 4.79. The minimum Gasteiger partial charge on any atom is -0.491 e. The number of ether oxygens (including phenoxy) is 4. The van der Waals surface area contributed by atoms with Crippen LogP contribution in [0.15, 0.2) is 24.3 Å². The van der Waals surface area contributed by atoms with Gasteiger partial charge in [-0.15, -0.1) is 0 Å². The van der Waals surface area contributed by atoms with Crippen LogP contribution in [0.2, 0.25) is 0 Å². The Morgan fingerprint density at radius 3 is 2.59 bits per heavy atom. The molecule has 0 spiro atoms. The zero-order valence-electron chi connectivity index (χ0n) is 13.0. The van der Waals surface area contributed by atoms with Crippen molar-refractivity contribution >= 4 is 0 Å². The van der Waals surface area contributed by atoms with E-state index in [1.165, 1.54) is 12.1 Å². The minimum absolute atomic E-state index is 0.140. The van der Waals surface area contributed by atoms with Crippen LogP contribution in [-0.4, -0.2) is 51.5 Å². The zero-order valence-corrected chi connectivity index (χ0v) is 13.0. The van der Waals surface area contributed by atoms with Crippen LogP contribution in [0.25, 0.3) is 0 Å². The van der Waals surface area contributed by atoms with E-state index in [1.807, 2.05) is 0 Å². The van der Waals surface area contributed by atoms with Crippen LogP contribution in [0.3, 0.4) is 0 Å². The Labute approximate surface area is 130 Å². The summed E-state index contributed by atoms with van der Waals surface area (Å²) in [6.45, 7) is 1.67. The van der Waals surface area contributed by atoms with E-state index in [0.29, 0.717) is 25.6 Å². The number of rotatable bonds is 13. The third-order valence-corrected chi connectivity index (χ3v) is 3.00. The molecule has 1 N–H and O–H groups in total. The molecule has 126 valence electrons. The highest BCUT2D eigenvalue weighted by atomic mass is 19.1. The highest BCUT2D eigenvalue weighted by Crippen LogP contribution is 2.13. The monoisotopic (exact) mass is 316 g/mol. The normalized spacial score (nSPS) is 12.3. The molecule has 6 heteroatoms. The molecule has 0 unspecified atom stereocenters. The molecular formula is C16H25FO5. The summed E-state index contributed by atoms with van der Waals surface area (Å²) >= 11 is 0. The van der Waals surface area contributed by atoms with E-state index in [-0.39, 0.29) is 25.3 Å². The number of aliphatic hydroxyl groups excluding tert-OH is 1. The number of benzene rings is 1. The van der Waals surface area contributed by atoms with E-state index >= 15 is 0 Å². The molecule has 0 heterocycles. The first-order valence-corrected chi connectivity index (χ1v) is 7.43. The van der Waals surface area contributed by atoms with Gasteiger partial charge in [0.2, 0.25) is 0 Å². The molecule has 1 aromatic rings. The summed E-state index contributed by atoms with van der Waals surface area (Å²) in [5, 5.41) is 8.84. The van der Waals surface area contributed by atoms with Gasteiger partial charge in [-0.2, -0.15) is 0 Å². The molecule has 0 aliphatic carbocycles. The van der Waals surface area contributed by atoms with Crippen molar-refractivity contribution in [2.24, 2.45) is 0 Å². The Morgan fingerprint density at radius 1 is 1.14 bits per heavy atom. The van der Waals surface area contributed by atoms with Gasteiger partial charge in [0.15, 0.2) is 0 Å². The lowest BCUT2D eigenvalue weighted by molar-refractivity contribution is -0.109. The smallest absolute Gasteiger partial charge is 0.147 e. The van der Waals surface area contributed by atoms with E-state index in [1.54, 1.807) is 19.2 Å². The van der Waals surface area contributed by atoms with E-state index in [9.17, 15) is 4.39 Å². The Bertz CT molecular complexity index is 371. The molecule has 22 heavy (non-hydrogen) atoms. The summed E-state index contributed by atoms with van der Waals surface area (Å²) in [6, 6.07) is 5.86. The molecular weight excluding hydrogens is 291 g/mol.